The summed E-state index contributed by atoms with van der Waals surface area (Å²) in [6, 6.07) is 0. The summed E-state index contributed by atoms with van der Waals surface area (Å²) < 4.78 is 5.11. The molecule has 0 aromatic heterocycles. The van der Waals surface area contributed by atoms with Crippen LogP contribution in [0.5, 0.6) is 0 Å². The van der Waals surface area contributed by atoms with Gasteiger partial charge in [-0.2, -0.15) is 0 Å². The SMILES string of the molecule is CC1C=CC=CC1(C)C(=O)OCCCO. The Morgan fingerprint density at radius 1 is 1.53 bits per heavy atom. The summed E-state index contributed by atoms with van der Waals surface area (Å²) in [5.41, 5.74) is -0.565. The highest BCUT2D eigenvalue weighted by molar-refractivity contribution is 5.79. The maximum atomic E-state index is 11.8. The average Bonchev–Trinajstić information content (AvgIpc) is 2.23. The van der Waals surface area contributed by atoms with Crippen molar-refractivity contribution in [2.45, 2.75) is 20.3 Å². The van der Waals surface area contributed by atoms with Crippen LogP contribution in [0.15, 0.2) is 24.3 Å². The van der Waals surface area contributed by atoms with Gasteiger partial charge < -0.3 is 9.84 Å². The van der Waals surface area contributed by atoms with Crippen molar-refractivity contribution < 1.29 is 14.6 Å². The zero-order chi connectivity index (χ0) is 11.3. The van der Waals surface area contributed by atoms with Crippen molar-refractivity contribution in [1.82, 2.24) is 0 Å². The van der Waals surface area contributed by atoms with E-state index in [-0.39, 0.29) is 25.1 Å². The quantitative estimate of drug-likeness (QED) is 0.567. The number of aliphatic hydroxyl groups is 1. The molecule has 15 heavy (non-hydrogen) atoms. The Bertz CT molecular complexity index is 281. The second-order valence-electron chi connectivity index (χ2n) is 4.03. The molecule has 0 heterocycles. The number of rotatable bonds is 4. The third-order valence-corrected chi connectivity index (χ3v) is 2.87. The molecule has 0 amide bonds. The molecule has 0 fully saturated rings. The second kappa shape index (κ2) is 5.12. The molecule has 0 aromatic carbocycles. The molecule has 0 spiro atoms. The molecule has 1 N–H and O–H groups in total. The lowest BCUT2D eigenvalue weighted by Gasteiger charge is -2.30. The van der Waals surface area contributed by atoms with E-state index >= 15 is 0 Å². The van der Waals surface area contributed by atoms with Gasteiger partial charge in [-0.15, -0.1) is 0 Å². The third-order valence-electron chi connectivity index (χ3n) is 2.87. The van der Waals surface area contributed by atoms with E-state index in [1.165, 1.54) is 0 Å². The van der Waals surface area contributed by atoms with Crippen LogP contribution in [0, 0.1) is 11.3 Å². The monoisotopic (exact) mass is 210 g/mol. The minimum Gasteiger partial charge on any atom is -0.465 e. The van der Waals surface area contributed by atoms with E-state index in [1.807, 2.05) is 38.2 Å². The van der Waals surface area contributed by atoms with E-state index in [0.717, 1.165) is 0 Å². The fourth-order valence-corrected chi connectivity index (χ4v) is 1.48. The Balaban J connectivity index is 2.57. The van der Waals surface area contributed by atoms with E-state index in [9.17, 15) is 4.79 Å². The highest BCUT2D eigenvalue weighted by Gasteiger charge is 2.37. The van der Waals surface area contributed by atoms with Crippen LogP contribution in [-0.4, -0.2) is 24.3 Å². The van der Waals surface area contributed by atoms with Crippen molar-refractivity contribution in [3.63, 3.8) is 0 Å². The lowest BCUT2D eigenvalue weighted by Crippen LogP contribution is -2.34. The summed E-state index contributed by atoms with van der Waals surface area (Å²) in [7, 11) is 0. The van der Waals surface area contributed by atoms with Gasteiger partial charge in [0.15, 0.2) is 0 Å². The highest BCUT2D eigenvalue weighted by atomic mass is 16.5. The van der Waals surface area contributed by atoms with Crippen LogP contribution in [0.3, 0.4) is 0 Å². The first kappa shape index (κ1) is 12.0. The van der Waals surface area contributed by atoms with Crippen LogP contribution >= 0.6 is 0 Å². The summed E-state index contributed by atoms with van der Waals surface area (Å²) in [5, 5.41) is 8.59. The number of carbonyl (C=O) groups excluding carboxylic acids is 1. The maximum absolute atomic E-state index is 11.8. The molecular weight excluding hydrogens is 192 g/mol. The maximum Gasteiger partial charge on any atom is 0.316 e. The van der Waals surface area contributed by atoms with Crippen molar-refractivity contribution in [2.24, 2.45) is 11.3 Å². The van der Waals surface area contributed by atoms with Crippen LogP contribution in [0.2, 0.25) is 0 Å². The van der Waals surface area contributed by atoms with Gasteiger partial charge in [0.1, 0.15) is 0 Å². The second-order valence-corrected chi connectivity index (χ2v) is 4.03. The number of carbonyl (C=O) groups is 1. The largest absolute Gasteiger partial charge is 0.465 e. The fraction of sp³-hybridized carbons (Fsp3) is 0.583. The van der Waals surface area contributed by atoms with Crippen molar-refractivity contribution in [3.8, 4) is 0 Å². The Hall–Kier alpha value is -1.09. The van der Waals surface area contributed by atoms with Crippen LogP contribution in [-0.2, 0) is 9.53 Å². The molecule has 0 saturated heterocycles. The van der Waals surface area contributed by atoms with Crippen LogP contribution in [0.1, 0.15) is 20.3 Å². The zero-order valence-corrected chi connectivity index (χ0v) is 9.27. The molecule has 0 aliphatic heterocycles. The summed E-state index contributed by atoms with van der Waals surface area (Å²) in [6.45, 7) is 4.21. The van der Waals surface area contributed by atoms with E-state index < -0.39 is 5.41 Å². The van der Waals surface area contributed by atoms with E-state index in [1.54, 1.807) is 0 Å². The van der Waals surface area contributed by atoms with Crippen molar-refractivity contribution >= 4 is 5.97 Å². The number of aliphatic hydroxyl groups excluding tert-OH is 1. The Morgan fingerprint density at radius 3 is 2.87 bits per heavy atom. The van der Waals surface area contributed by atoms with Gasteiger partial charge in [-0.3, -0.25) is 4.79 Å². The molecular formula is C12H18O3. The molecule has 1 aliphatic rings. The number of esters is 1. The number of hydrogen-bond donors (Lipinski definition) is 1. The summed E-state index contributed by atoms with van der Waals surface area (Å²) in [6.07, 6.45) is 8.17. The molecule has 3 nitrogen and oxygen atoms in total. The molecule has 84 valence electrons. The van der Waals surface area contributed by atoms with Gasteiger partial charge in [-0.25, -0.2) is 0 Å². The van der Waals surface area contributed by atoms with Gasteiger partial charge in [-0.05, 0) is 12.8 Å². The molecule has 0 radical (unpaired) electrons. The zero-order valence-electron chi connectivity index (χ0n) is 9.27. The number of hydrogen-bond acceptors (Lipinski definition) is 3. The van der Waals surface area contributed by atoms with Gasteiger partial charge in [0.05, 0.1) is 12.0 Å². The fourth-order valence-electron chi connectivity index (χ4n) is 1.48. The number of ether oxygens (including phenoxy) is 1. The van der Waals surface area contributed by atoms with Crippen LogP contribution < -0.4 is 0 Å². The van der Waals surface area contributed by atoms with E-state index in [2.05, 4.69) is 0 Å². The summed E-state index contributed by atoms with van der Waals surface area (Å²) >= 11 is 0. The first-order chi connectivity index (χ1) is 7.11. The Labute approximate surface area is 90.4 Å². The summed E-state index contributed by atoms with van der Waals surface area (Å²) in [4.78, 5) is 11.8. The van der Waals surface area contributed by atoms with Crippen LogP contribution in [0.25, 0.3) is 0 Å². The molecule has 3 heteroatoms. The lowest BCUT2D eigenvalue weighted by atomic mass is 9.75. The first-order valence-corrected chi connectivity index (χ1v) is 5.25. The minimum atomic E-state index is -0.565. The third kappa shape index (κ3) is 2.69. The van der Waals surface area contributed by atoms with Crippen molar-refractivity contribution in [2.75, 3.05) is 13.2 Å². The smallest absolute Gasteiger partial charge is 0.316 e. The predicted molar refractivity (Wildman–Crippen MR) is 58.2 cm³/mol. The molecule has 1 aliphatic carbocycles. The van der Waals surface area contributed by atoms with Crippen molar-refractivity contribution in [3.05, 3.63) is 24.3 Å². The van der Waals surface area contributed by atoms with E-state index in [0.29, 0.717) is 6.42 Å². The normalized spacial score (nSPS) is 29.1. The molecule has 2 atom stereocenters. The topological polar surface area (TPSA) is 46.5 Å². The lowest BCUT2D eigenvalue weighted by molar-refractivity contribution is -0.154. The molecule has 1 rings (SSSR count). The molecule has 0 bridgehead atoms. The molecule has 0 saturated carbocycles. The molecule has 2 unspecified atom stereocenters. The van der Waals surface area contributed by atoms with Gasteiger partial charge in [0, 0.05) is 13.0 Å². The predicted octanol–water partition coefficient (Wildman–Crippen LogP) is 1.68. The Kier molecular flexibility index (Phi) is 4.09. The standard InChI is InChI=1S/C12H18O3/c1-10-6-3-4-7-12(10,2)11(14)15-9-5-8-13/h3-4,6-7,10,13H,5,8-9H2,1-2H3. The van der Waals surface area contributed by atoms with Gasteiger partial charge in [0.2, 0.25) is 0 Å². The number of allylic oxidation sites excluding steroid dienone is 3. The van der Waals surface area contributed by atoms with E-state index in [4.69, 9.17) is 9.84 Å². The van der Waals surface area contributed by atoms with Gasteiger partial charge >= 0.3 is 5.97 Å². The average molecular weight is 210 g/mol. The molecule has 0 aromatic rings. The van der Waals surface area contributed by atoms with Gasteiger partial charge in [-0.1, -0.05) is 31.2 Å². The highest BCUT2D eigenvalue weighted by Crippen LogP contribution is 2.34. The Morgan fingerprint density at radius 2 is 2.27 bits per heavy atom. The van der Waals surface area contributed by atoms with Crippen molar-refractivity contribution in [1.29, 1.82) is 0 Å². The van der Waals surface area contributed by atoms with Crippen LogP contribution in [0.4, 0.5) is 0 Å². The minimum absolute atomic E-state index is 0.0509. The summed E-state index contributed by atoms with van der Waals surface area (Å²) in [5.74, 6) is -0.0758. The first-order valence-electron chi connectivity index (χ1n) is 5.25. The van der Waals surface area contributed by atoms with Gasteiger partial charge in [0.25, 0.3) is 0 Å².